The molecule has 0 aliphatic carbocycles. The number of aliphatic carboxylic acids is 1. The van der Waals surface area contributed by atoms with Crippen molar-refractivity contribution < 1.29 is 39.1 Å². The van der Waals surface area contributed by atoms with Crippen LogP contribution >= 0.6 is 0 Å². The van der Waals surface area contributed by atoms with Gasteiger partial charge in [-0.15, -0.1) is 0 Å². The second-order valence-electron chi connectivity index (χ2n) is 6.39. The van der Waals surface area contributed by atoms with E-state index in [0.29, 0.717) is 6.42 Å². The van der Waals surface area contributed by atoms with Gasteiger partial charge in [-0.1, -0.05) is 0 Å². The van der Waals surface area contributed by atoms with Crippen LogP contribution in [0.2, 0.25) is 0 Å². The quantitative estimate of drug-likeness (QED) is 0.547. The standard InChI is InChI=1S/C16H28O8/c1-8(22-16-13(18)7-12(17)11(4)24-16)5-6-14(19)23-10(3)9(2)15(20)21/h8-13,16-18H,5-7H2,1-4H3,(H,20,21)/t8-,9+,10-,11?,12-,13+,16-/m1/s1. The molecular weight excluding hydrogens is 320 g/mol. The number of carbonyl (C=O) groups excluding carboxylic acids is 1. The number of carboxylic acid groups (broad SMARTS) is 1. The predicted octanol–water partition coefficient (Wildman–Crippen LogP) is 0.681. The minimum Gasteiger partial charge on any atom is -0.481 e. The third kappa shape index (κ3) is 6.35. The molecular formula is C16H28O8. The number of aliphatic hydroxyl groups is 2. The summed E-state index contributed by atoms with van der Waals surface area (Å²) in [5, 5.41) is 28.3. The Bertz CT molecular complexity index is 426. The van der Waals surface area contributed by atoms with Gasteiger partial charge in [0.05, 0.1) is 24.2 Å². The van der Waals surface area contributed by atoms with Crippen LogP contribution in [-0.2, 0) is 23.8 Å². The van der Waals surface area contributed by atoms with Crippen LogP contribution in [0.3, 0.4) is 0 Å². The molecule has 0 amide bonds. The van der Waals surface area contributed by atoms with Crippen LogP contribution in [0.25, 0.3) is 0 Å². The van der Waals surface area contributed by atoms with Gasteiger partial charge in [-0.05, 0) is 34.1 Å². The lowest BCUT2D eigenvalue weighted by molar-refractivity contribution is -0.273. The van der Waals surface area contributed by atoms with E-state index in [-0.39, 0.29) is 18.9 Å². The monoisotopic (exact) mass is 348 g/mol. The van der Waals surface area contributed by atoms with E-state index in [1.807, 2.05) is 0 Å². The Morgan fingerprint density at radius 1 is 1.21 bits per heavy atom. The molecule has 1 saturated heterocycles. The minimum atomic E-state index is -1.02. The van der Waals surface area contributed by atoms with Crippen LogP contribution in [0.5, 0.6) is 0 Å². The second kappa shape index (κ2) is 9.31. The van der Waals surface area contributed by atoms with Crippen LogP contribution in [0.1, 0.15) is 47.0 Å². The SMILES string of the molecule is CC1O[C@@H](O[C@H](C)CCC(=O)O[C@H](C)[C@H](C)C(=O)O)[C@@H](O)C[C@H]1O. The Balaban J connectivity index is 2.34. The fourth-order valence-corrected chi connectivity index (χ4v) is 2.25. The van der Waals surface area contributed by atoms with Crippen molar-refractivity contribution in [2.45, 2.75) is 83.8 Å². The molecule has 0 radical (unpaired) electrons. The van der Waals surface area contributed by atoms with Gasteiger partial charge in [-0.2, -0.15) is 0 Å². The highest BCUT2D eigenvalue weighted by molar-refractivity contribution is 5.72. The summed E-state index contributed by atoms with van der Waals surface area (Å²) in [7, 11) is 0. The van der Waals surface area contributed by atoms with E-state index in [9.17, 15) is 19.8 Å². The number of hydrogen-bond donors (Lipinski definition) is 3. The molecule has 0 aromatic carbocycles. The van der Waals surface area contributed by atoms with Crippen LogP contribution in [-0.4, -0.2) is 64.1 Å². The van der Waals surface area contributed by atoms with Crippen molar-refractivity contribution in [3.8, 4) is 0 Å². The second-order valence-corrected chi connectivity index (χ2v) is 6.39. The highest BCUT2D eigenvalue weighted by Gasteiger charge is 2.35. The molecule has 8 nitrogen and oxygen atoms in total. The number of ether oxygens (including phenoxy) is 3. The van der Waals surface area contributed by atoms with Crippen LogP contribution in [0, 0.1) is 5.92 Å². The molecule has 1 heterocycles. The Kier molecular flexibility index (Phi) is 8.08. The van der Waals surface area contributed by atoms with Crippen LogP contribution in [0.15, 0.2) is 0 Å². The average Bonchev–Trinajstić information content (AvgIpc) is 2.49. The van der Waals surface area contributed by atoms with E-state index in [1.165, 1.54) is 13.8 Å². The number of rotatable bonds is 8. The minimum absolute atomic E-state index is 0.0683. The fraction of sp³-hybridized carbons (Fsp3) is 0.875. The molecule has 1 unspecified atom stereocenters. The molecule has 0 spiro atoms. The number of esters is 1. The maximum Gasteiger partial charge on any atom is 0.309 e. The van der Waals surface area contributed by atoms with Gasteiger partial charge in [0.15, 0.2) is 6.29 Å². The van der Waals surface area contributed by atoms with Gasteiger partial charge in [-0.25, -0.2) is 0 Å². The maximum atomic E-state index is 11.8. The van der Waals surface area contributed by atoms with Crippen molar-refractivity contribution >= 4 is 11.9 Å². The molecule has 7 atom stereocenters. The van der Waals surface area contributed by atoms with Crippen molar-refractivity contribution in [2.75, 3.05) is 0 Å². The maximum absolute atomic E-state index is 11.8. The predicted molar refractivity (Wildman–Crippen MR) is 83.1 cm³/mol. The third-order valence-electron chi connectivity index (χ3n) is 4.22. The van der Waals surface area contributed by atoms with E-state index in [4.69, 9.17) is 19.3 Å². The van der Waals surface area contributed by atoms with Gasteiger partial charge in [0.1, 0.15) is 12.2 Å². The van der Waals surface area contributed by atoms with Crippen molar-refractivity contribution in [2.24, 2.45) is 5.92 Å². The van der Waals surface area contributed by atoms with Crippen LogP contribution in [0.4, 0.5) is 0 Å². The average molecular weight is 348 g/mol. The highest BCUT2D eigenvalue weighted by atomic mass is 16.7. The Morgan fingerprint density at radius 2 is 1.83 bits per heavy atom. The summed E-state index contributed by atoms with van der Waals surface area (Å²) in [4.78, 5) is 22.6. The third-order valence-corrected chi connectivity index (χ3v) is 4.22. The summed E-state index contributed by atoms with van der Waals surface area (Å²) in [6.45, 7) is 6.45. The summed E-state index contributed by atoms with van der Waals surface area (Å²) in [6, 6.07) is 0. The van der Waals surface area contributed by atoms with Gasteiger partial charge < -0.3 is 29.5 Å². The van der Waals surface area contributed by atoms with Crippen LogP contribution < -0.4 is 0 Å². The van der Waals surface area contributed by atoms with E-state index in [1.54, 1.807) is 13.8 Å². The Labute approximate surface area is 141 Å². The lowest BCUT2D eigenvalue weighted by atomic mass is 10.0. The fourth-order valence-electron chi connectivity index (χ4n) is 2.25. The first kappa shape index (κ1) is 20.8. The van der Waals surface area contributed by atoms with E-state index >= 15 is 0 Å². The van der Waals surface area contributed by atoms with Crippen molar-refractivity contribution in [1.82, 2.24) is 0 Å². The zero-order chi connectivity index (χ0) is 18.4. The number of aliphatic hydroxyl groups excluding tert-OH is 2. The van der Waals surface area contributed by atoms with Gasteiger partial charge in [0.25, 0.3) is 0 Å². The smallest absolute Gasteiger partial charge is 0.309 e. The van der Waals surface area contributed by atoms with E-state index < -0.39 is 48.6 Å². The Hall–Kier alpha value is -1.22. The van der Waals surface area contributed by atoms with Crippen molar-refractivity contribution in [3.63, 3.8) is 0 Å². The molecule has 0 aromatic heterocycles. The number of carboxylic acids is 1. The molecule has 1 fully saturated rings. The molecule has 1 aliphatic heterocycles. The van der Waals surface area contributed by atoms with Gasteiger partial charge in [0.2, 0.25) is 0 Å². The number of carbonyl (C=O) groups is 2. The summed E-state index contributed by atoms with van der Waals surface area (Å²) >= 11 is 0. The topological polar surface area (TPSA) is 123 Å². The molecule has 0 aromatic rings. The molecule has 8 heteroatoms. The zero-order valence-electron chi connectivity index (χ0n) is 14.5. The summed E-state index contributed by atoms with van der Waals surface area (Å²) in [6.07, 6.45) is -3.44. The van der Waals surface area contributed by atoms with Gasteiger partial charge in [0, 0.05) is 12.8 Å². The molecule has 1 rings (SSSR count). The molecule has 0 bridgehead atoms. The molecule has 140 valence electrons. The van der Waals surface area contributed by atoms with Crippen molar-refractivity contribution in [1.29, 1.82) is 0 Å². The summed E-state index contributed by atoms with van der Waals surface area (Å²) in [5.74, 6) is -2.30. The summed E-state index contributed by atoms with van der Waals surface area (Å²) in [5.41, 5.74) is 0. The lowest BCUT2D eigenvalue weighted by Crippen LogP contribution is -2.48. The molecule has 3 N–H and O–H groups in total. The lowest BCUT2D eigenvalue weighted by Gasteiger charge is -2.36. The Morgan fingerprint density at radius 3 is 2.42 bits per heavy atom. The van der Waals surface area contributed by atoms with E-state index in [0.717, 1.165) is 0 Å². The van der Waals surface area contributed by atoms with E-state index in [2.05, 4.69) is 0 Å². The van der Waals surface area contributed by atoms with Crippen molar-refractivity contribution in [3.05, 3.63) is 0 Å². The van der Waals surface area contributed by atoms with Gasteiger partial charge >= 0.3 is 11.9 Å². The highest BCUT2D eigenvalue weighted by Crippen LogP contribution is 2.23. The molecule has 24 heavy (non-hydrogen) atoms. The number of hydrogen-bond acceptors (Lipinski definition) is 7. The normalized spacial score (nSPS) is 31.1. The first-order valence-electron chi connectivity index (χ1n) is 8.21. The zero-order valence-corrected chi connectivity index (χ0v) is 14.5. The first-order valence-corrected chi connectivity index (χ1v) is 8.21. The van der Waals surface area contributed by atoms with Gasteiger partial charge in [-0.3, -0.25) is 9.59 Å². The summed E-state index contributed by atoms with van der Waals surface area (Å²) < 4.78 is 16.1. The largest absolute Gasteiger partial charge is 0.481 e. The first-order chi connectivity index (χ1) is 11.1. The molecule has 1 aliphatic rings. The molecule has 0 saturated carbocycles.